The predicted molar refractivity (Wildman–Crippen MR) is 88.5 cm³/mol. The zero-order valence-electron chi connectivity index (χ0n) is 14.4. The van der Waals surface area contributed by atoms with Crippen LogP contribution < -0.4 is 10.6 Å². The van der Waals surface area contributed by atoms with Gasteiger partial charge in [0.15, 0.2) is 0 Å². The molecular formula is C18H23F2N3O2. The van der Waals surface area contributed by atoms with Gasteiger partial charge < -0.3 is 10.6 Å². The molecule has 2 N–H and O–H groups in total. The molecular weight excluding hydrogens is 328 g/mol. The van der Waals surface area contributed by atoms with E-state index in [0.717, 1.165) is 31.2 Å². The Kier molecular flexibility index (Phi) is 4.77. The molecule has 136 valence electrons. The molecule has 1 spiro atoms. The molecule has 25 heavy (non-hydrogen) atoms. The molecule has 1 aromatic carbocycles. The van der Waals surface area contributed by atoms with Crippen molar-refractivity contribution < 1.29 is 18.4 Å². The topological polar surface area (TPSA) is 61.4 Å². The minimum absolute atomic E-state index is 0.0826. The number of carbonyl (C=O) groups is 2. The quantitative estimate of drug-likeness (QED) is 0.866. The first-order chi connectivity index (χ1) is 11.8. The first-order valence-electron chi connectivity index (χ1n) is 8.57. The number of benzene rings is 1. The molecule has 5 nitrogen and oxygen atoms in total. The molecule has 2 aliphatic rings. The number of nitrogens with zero attached hydrogens (tertiary/aromatic N) is 1. The maximum Gasteiger partial charge on any atom is 0.242 e. The van der Waals surface area contributed by atoms with E-state index >= 15 is 0 Å². The smallest absolute Gasteiger partial charge is 0.242 e. The van der Waals surface area contributed by atoms with Gasteiger partial charge in [-0.3, -0.25) is 14.5 Å². The number of hydrogen-bond donors (Lipinski definition) is 2. The third-order valence-corrected chi connectivity index (χ3v) is 5.27. The highest BCUT2D eigenvalue weighted by Crippen LogP contribution is 2.40. The maximum atomic E-state index is 13.6. The number of amides is 2. The molecule has 0 aromatic heterocycles. The second kappa shape index (κ2) is 6.71. The maximum absolute atomic E-state index is 13.6. The van der Waals surface area contributed by atoms with E-state index in [9.17, 15) is 18.4 Å². The third-order valence-electron chi connectivity index (χ3n) is 5.27. The Morgan fingerprint density at radius 1 is 1.44 bits per heavy atom. The molecule has 7 heteroatoms. The summed E-state index contributed by atoms with van der Waals surface area (Å²) in [4.78, 5) is 27.0. The highest BCUT2D eigenvalue weighted by molar-refractivity contribution is 5.94. The molecule has 0 aliphatic carbocycles. The third kappa shape index (κ3) is 3.51. The van der Waals surface area contributed by atoms with Gasteiger partial charge in [-0.25, -0.2) is 8.78 Å². The summed E-state index contributed by atoms with van der Waals surface area (Å²) in [6, 6.07) is 2.85. The SMILES string of the molecule is CC(C)N1CC[C@@]2(C[C@@H](C(=O)NCc3cc(F)ccc3F)NC2=O)C1. The fraction of sp³-hybridized carbons (Fsp3) is 0.556. The Morgan fingerprint density at radius 3 is 2.88 bits per heavy atom. The van der Waals surface area contributed by atoms with E-state index in [1.54, 1.807) is 0 Å². The van der Waals surface area contributed by atoms with Crippen molar-refractivity contribution in [3.63, 3.8) is 0 Å². The molecule has 2 aliphatic heterocycles. The molecule has 3 rings (SSSR count). The van der Waals surface area contributed by atoms with Crippen LogP contribution in [-0.2, 0) is 16.1 Å². The highest BCUT2D eigenvalue weighted by atomic mass is 19.1. The summed E-state index contributed by atoms with van der Waals surface area (Å²) < 4.78 is 26.8. The second-order valence-electron chi connectivity index (χ2n) is 7.28. The van der Waals surface area contributed by atoms with Gasteiger partial charge in [0.25, 0.3) is 0 Å². The van der Waals surface area contributed by atoms with Crippen molar-refractivity contribution in [3.8, 4) is 0 Å². The first kappa shape index (κ1) is 17.8. The zero-order chi connectivity index (χ0) is 18.2. The summed E-state index contributed by atoms with van der Waals surface area (Å²) in [5.41, 5.74) is -0.435. The van der Waals surface area contributed by atoms with Crippen LogP contribution in [0.25, 0.3) is 0 Å². The van der Waals surface area contributed by atoms with Crippen molar-refractivity contribution in [2.24, 2.45) is 5.41 Å². The van der Waals surface area contributed by atoms with Crippen LogP contribution in [0.5, 0.6) is 0 Å². The van der Waals surface area contributed by atoms with Crippen LogP contribution >= 0.6 is 0 Å². The highest BCUT2D eigenvalue weighted by Gasteiger charge is 2.52. The first-order valence-corrected chi connectivity index (χ1v) is 8.57. The van der Waals surface area contributed by atoms with E-state index in [1.807, 2.05) is 0 Å². The van der Waals surface area contributed by atoms with Gasteiger partial charge in [-0.05, 0) is 51.4 Å². The Hall–Kier alpha value is -2.02. The van der Waals surface area contributed by atoms with Crippen LogP contribution in [0.4, 0.5) is 8.78 Å². The summed E-state index contributed by atoms with van der Waals surface area (Å²) in [7, 11) is 0. The van der Waals surface area contributed by atoms with Gasteiger partial charge >= 0.3 is 0 Å². The van der Waals surface area contributed by atoms with Crippen molar-refractivity contribution in [3.05, 3.63) is 35.4 Å². The molecule has 2 amide bonds. The van der Waals surface area contributed by atoms with Gasteiger partial charge in [-0.15, -0.1) is 0 Å². The van der Waals surface area contributed by atoms with Gasteiger partial charge in [-0.2, -0.15) is 0 Å². The summed E-state index contributed by atoms with van der Waals surface area (Å²) in [6.45, 7) is 5.56. The molecule has 2 fully saturated rings. The van der Waals surface area contributed by atoms with Gasteiger partial charge in [0.2, 0.25) is 11.8 Å². The van der Waals surface area contributed by atoms with Gasteiger partial charge in [0.05, 0.1) is 5.41 Å². The Balaban J connectivity index is 1.61. The van der Waals surface area contributed by atoms with Crippen molar-refractivity contribution in [1.29, 1.82) is 0 Å². The van der Waals surface area contributed by atoms with E-state index in [4.69, 9.17) is 0 Å². The number of nitrogens with one attached hydrogen (secondary N) is 2. The minimum atomic E-state index is -0.628. The molecule has 2 atom stereocenters. The van der Waals surface area contributed by atoms with Crippen LogP contribution in [0.1, 0.15) is 32.3 Å². The fourth-order valence-electron chi connectivity index (χ4n) is 3.69. The van der Waals surface area contributed by atoms with Gasteiger partial charge in [-0.1, -0.05) is 0 Å². The molecule has 0 unspecified atom stereocenters. The lowest BCUT2D eigenvalue weighted by Gasteiger charge is -2.23. The van der Waals surface area contributed by atoms with Crippen LogP contribution in [-0.4, -0.2) is 41.9 Å². The van der Waals surface area contributed by atoms with E-state index in [2.05, 4.69) is 29.4 Å². The summed E-state index contributed by atoms with van der Waals surface area (Å²) in [5.74, 6) is -1.58. The van der Waals surface area contributed by atoms with Crippen LogP contribution in [0.3, 0.4) is 0 Å². The van der Waals surface area contributed by atoms with E-state index in [-0.39, 0.29) is 23.9 Å². The summed E-state index contributed by atoms with van der Waals surface area (Å²) in [5, 5.41) is 5.36. The predicted octanol–water partition coefficient (Wildman–Crippen LogP) is 1.57. The van der Waals surface area contributed by atoms with E-state index in [1.165, 1.54) is 0 Å². The average Bonchev–Trinajstić information content (AvgIpc) is 3.13. The van der Waals surface area contributed by atoms with Crippen molar-refractivity contribution in [2.75, 3.05) is 13.1 Å². The number of carbonyl (C=O) groups excluding carboxylic acids is 2. The second-order valence-corrected chi connectivity index (χ2v) is 7.28. The van der Waals surface area contributed by atoms with Crippen molar-refractivity contribution in [2.45, 2.75) is 45.3 Å². The standard InChI is InChI=1S/C18H23F2N3O2/c1-11(2)23-6-5-18(10-23)8-15(22-17(18)25)16(24)21-9-12-7-13(19)3-4-14(12)20/h3-4,7,11,15H,5-6,8-10H2,1-2H3,(H,21,24)(H,22,25)/t15-,18+/m0/s1. The van der Waals surface area contributed by atoms with Crippen LogP contribution in [0.2, 0.25) is 0 Å². The molecule has 1 aromatic rings. The number of halogens is 2. The van der Waals surface area contributed by atoms with Crippen LogP contribution in [0, 0.1) is 17.0 Å². The van der Waals surface area contributed by atoms with Crippen molar-refractivity contribution in [1.82, 2.24) is 15.5 Å². The molecule has 0 saturated carbocycles. The molecule has 0 bridgehead atoms. The normalized spacial score (nSPS) is 26.4. The monoisotopic (exact) mass is 351 g/mol. The lowest BCUT2D eigenvalue weighted by molar-refractivity contribution is -0.128. The van der Waals surface area contributed by atoms with Crippen molar-refractivity contribution >= 4 is 11.8 Å². The minimum Gasteiger partial charge on any atom is -0.350 e. The summed E-state index contributed by atoms with van der Waals surface area (Å²) in [6.07, 6.45) is 1.17. The molecule has 0 radical (unpaired) electrons. The lowest BCUT2D eigenvalue weighted by Crippen LogP contribution is -2.41. The zero-order valence-corrected chi connectivity index (χ0v) is 14.4. The number of rotatable bonds is 4. The number of hydrogen-bond acceptors (Lipinski definition) is 3. The Bertz CT molecular complexity index is 695. The van der Waals surface area contributed by atoms with Gasteiger partial charge in [0, 0.05) is 24.7 Å². The molecule has 2 heterocycles. The van der Waals surface area contributed by atoms with Gasteiger partial charge in [0.1, 0.15) is 17.7 Å². The molecule has 2 saturated heterocycles. The average molecular weight is 351 g/mol. The van der Waals surface area contributed by atoms with E-state index in [0.29, 0.717) is 19.0 Å². The lowest BCUT2D eigenvalue weighted by atomic mass is 9.84. The van der Waals surface area contributed by atoms with E-state index < -0.39 is 23.1 Å². The fourth-order valence-corrected chi connectivity index (χ4v) is 3.69. The Labute approximate surface area is 145 Å². The summed E-state index contributed by atoms with van der Waals surface area (Å²) >= 11 is 0. The largest absolute Gasteiger partial charge is 0.350 e. The Morgan fingerprint density at radius 2 is 2.20 bits per heavy atom. The van der Waals surface area contributed by atoms with Crippen LogP contribution in [0.15, 0.2) is 18.2 Å². The number of likely N-dealkylation sites (tertiary alicyclic amines) is 1.